The number of para-hydroxylation sites is 1. The van der Waals surface area contributed by atoms with E-state index >= 15 is 0 Å². The molecule has 1 aliphatic rings. The lowest BCUT2D eigenvalue weighted by atomic mass is 9.87. The van der Waals surface area contributed by atoms with Crippen molar-refractivity contribution in [1.29, 1.82) is 0 Å². The molecule has 0 amide bonds. The highest BCUT2D eigenvalue weighted by atomic mass is 15.3. The van der Waals surface area contributed by atoms with Crippen LogP contribution in [0.1, 0.15) is 38.3 Å². The van der Waals surface area contributed by atoms with Gasteiger partial charge in [-0.25, -0.2) is 0 Å². The van der Waals surface area contributed by atoms with Crippen LogP contribution in [0.4, 0.5) is 0 Å². The molecule has 3 heteroatoms. The minimum atomic E-state index is 0.678. The molecule has 1 saturated carbocycles. The summed E-state index contributed by atoms with van der Waals surface area (Å²) < 4.78 is 1.98. The van der Waals surface area contributed by atoms with E-state index in [1.54, 1.807) is 0 Å². The van der Waals surface area contributed by atoms with Gasteiger partial charge in [0.25, 0.3) is 0 Å². The summed E-state index contributed by atoms with van der Waals surface area (Å²) in [6.07, 6.45) is 5.35. The van der Waals surface area contributed by atoms with Gasteiger partial charge in [-0.2, -0.15) is 5.10 Å². The molecule has 1 aliphatic carbocycles. The van der Waals surface area contributed by atoms with Gasteiger partial charge in [-0.15, -0.1) is 0 Å². The first-order valence-electron chi connectivity index (χ1n) is 7.38. The van der Waals surface area contributed by atoms with E-state index in [0.29, 0.717) is 6.04 Å². The SMILES string of the molecule is CC1CCC(NCc2nn(C)c3ccccc23)CC1. The van der Waals surface area contributed by atoms with E-state index in [1.165, 1.54) is 42.3 Å². The molecule has 0 aliphatic heterocycles. The van der Waals surface area contributed by atoms with Gasteiger partial charge in [-0.1, -0.05) is 25.1 Å². The number of fused-ring (bicyclic) bond motifs is 1. The van der Waals surface area contributed by atoms with Gasteiger partial charge >= 0.3 is 0 Å². The molecule has 1 aromatic heterocycles. The van der Waals surface area contributed by atoms with Crippen LogP contribution in [-0.2, 0) is 13.6 Å². The molecular formula is C16H23N3. The Hall–Kier alpha value is -1.35. The third-order valence-corrected chi connectivity index (χ3v) is 4.41. The summed E-state index contributed by atoms with van der Waals surface area (Å²) in [7, 11) is 2.02. The van der Waals surface area contributed by atoms with Crippen molar-refractivity contribution in [2.75, 3.05) is 0 Å². The first-order valence-corrected chi connectivity index (χ1v) is 7.38. The van der Waals surface area contributed by atoms with Gasteiger partial charge in [-0.05, 0) is 37.7 Å². The minimum absolute atomic E-state index is 0.678. The van der Waals surface area contributed by atoms with Crippen LogP contribution in [0.25, 0.3) is 10.9 Å². The molecular weight excluding hydrogens is 234 g/mol. The van der Waals surface area contributed by atoms with Crippen LogP contribution in [0, 0.1) is 5.92 Å². The quantitative estimate of drug-likeness (QED) is 0.914. The van der Waals surface area contributed by atoms with Gasteiger partial charge in [-0.3, -0.25) is 4.68 Å². The van der Waals surface area contributed by atoms with E-state index in [-0.39, 0.29) is 0 Å². The summed E-state index contributed by atoms with van der Waals surface area (Å²) in [5, 5.41) is 9.61. The van der Waals surface area contributed by atoms with Crippen LogP contribution in [-0.4, -0.2) is 15.8 Å². The third-order valence-electron chi connectivity index (χ3n) is 4.41. The summed E-state index contributed by atoms with van der Waals surface area (Å²) in [6.45, 7) is 3.25. The molecule has 0 radical (unpaired) electrons. The van der Waals surface area contributed by atoms with Crippen molar-refractivity contribution in [3.8, 4) is 0 Å². The molecule has 3 nitrogen and oxygen atoms in total. The zero-order chi connectivity index (χ0) is 13.2. The standard InChI is InChI=1S/C16H23N3/c1-12-7-9-13(10-8-12)17-11-15-14-5-3-4-6-16(14)19(2)18-15/h3-6,12-13,17H,7-11H2,1-2H3. The van der Waals surface area contributed by atoms with Crippen LogP contribution < -0.4 is 5.32 Å². The zero-order valence-electron chi connectivity index (χ0n) is 11.9. The van der Waals surface area contributed by atoms with Crippen molar-refractivity contribution in [1.82, 2.24) is 15.1 Å². The number of benzene rings is 1. The average Bonchev–Trinajstić information content (AvgIpc) is 2.76. The van der Waals surface area contributed by atoms with Crippen molar-refractivity contribution in [3.63, 3.8) is 0 Å². The second-order valence-electron chi connectivity index (χ2n) is 5.93. The Morgan fingerprint density at radius 2 is 1.95 bits per heavy atom. The van der Waals surface area contributed by atoms with Gasteiger partial charge in [0, 0.05) is 25.0 Å². The second-order valence-corrected chi connectivity index (χ2v) is 5.93. The number of nitrogens with one attached hydrogen (secondary N) is 1. The number of nitrogens with zero attached hydrogens (tertiary/aromatic N) is 2. The van der Waals surface area contributed by atoms with Gasteiger partial charge in [0.15, 0.2) is 0 Å². The molecule has 0 atom stereocenters. The fourth-order valence-electron chi connectivity index (χ4n) is 3.12. The van der Waals surface area contributed by atoms with E-state index < -0.39 is 0 Å². The molecule has 1 N–H and O–H groups in total. The van der Waals surface area contributed by atoms with E-state index in [4.69, 9.17) is 0 Å². The lowest BCUT2D eigenvalue weighted by Gasteiger charge is -2.26. The first-order chi connectivity index (χ1) is 9.24. The first kappa shape index (κ1) is 12.7. The lowest BCUT2D eigenvalue weighted by molar-refractivity contribution is 0.306. The molecule has 102 valence electrons. The molecule has 1 fully saturated rings. The lowest BCUT2D eigenvalue weighted by Crippen LogP contribution is -2.32. The maximum atomic E-state index is 4.64. The predicted octanol–water partition coefficient (Wildman–Crippen LogP) is 3.24. The van der Waals surface area contributed by atoms with Crippen molar-refractivity contribution >= 4 is 10.9 Å². The van der Waals surface area contributed by atoms with Crippen molar-refractivity contribution in [2.45, 2.75) is 45.2 Å². The fraction of sp³-hybridized carbons (Fsp3) is 0.562. The average molecular weight is 257 g/mol. The number of hydrogen-bond donors (Lipinski definition) is 1. The van der Waals surface area contributed by atoms with Gasteiger partial charge in [0.05, 0.1) is 11.2 Å². The Bertz CT molecular complexity index is 550. The van der Waals surface area contributed by atoms with E-state index in [9.17, 15) is 0 Å². The largest absolute Gasteiger partial charge is 0.308 e. The molecule has 2 aromatic rings. The maximum absolute atomic E-state index is 4.64. The fourth-order valence-corrected chi connectivity index (χ4v) is 3.12. The van der Waals surface area contributed by atoms with Crippen LogP contribution >= 0.6 is 0 Å². The number of aryl methyl sites for hydroxylation is 1. The molecule has 0 saturated heterocycles. The summed E-state index contributed by atoms with van der Waals surface area (Å²) in [4.78, 5) is 0. The maximum Gasteiger partial charge on any atom is 0.0841 e. The van der Waals surface area contributed by atoms with Crippen molar-refractivity contribution in [2.24, 2.45) is 13.0 Å². The Labute approximate surface area is 115 Å². The monoisotopic (exact) mass is 257 g/mol. The summed E-state index contributed by atoms with van der Waals surface area (Å²) in [6, 6.07) is 9.15. The Kier molecular flexibility index (Phi) is 3.56. The predicted molar refractivity (Wildman–Crippen MR) is 79.0 cm³/mol. The van der Waals surface area contributed by atoms with Crippen LogP contribution in [0.15, 0.2) is 24.3 Å². The highest BCUT2D eigenvalue weighted by Gasteiger charge is 2.18. The second kappa shape index (κ2) is 5.33. The molecule has 1 aromatic carbocycles. The minimum Gasteiger partial charge on any atom is -0.308 e. The highest BCUT2D eigenvalue weighted by Crippen LogP contribution is 2.24. The molecule has 19 heavy (non-hydrogen) atoms. The molecule has 0 spiro atoms. The van der Waals surface area contributed by atoms with E-state index in [0.717, 1.165) is 12.5 Å². The molecule has 0 bridgehead atoms. The van der Waals surface area contributed by atoms with Crippen LogP contribution in [0.5, 0.6) is 0 Å². The van der Waals surface area contributed by atoms with Crippen LogP contribution in [0.2, 0.25) is 0 Å². The Morgan fingerprint density at radius 1 is 1.21 bits per heavy atom. The molecule has 1 heterocycles. The van der Waals surface area contributed by atoms with Crippen LogP contribution in [0.3, 0.4) is 0 Å². The van der Waals surface area contributed by atoms with E-state index in [1.807, 2.05) is 11.7 Å². The number of hydrogen-bond acceptors (Lipinski definition) is 2. The highest BCUT2D eigenvalue weighted by molar-refractivity contribution is 5.81. The summed E-state index contributed by atoms with van der Waals surface area (Å²) in [5.74, 6) is 0.911. The summed E-state index contributed by atoms with van der Waals surface area (Å²) >= 11 is 0. The molecule has 3 rings (SSSR count). The molecule has 0 unspecified atom stereocenters. The zero-order valence-corrected chi connectivity index (χ0v) is 11.9. The van der Waals surface area contributed by atoms with Crippen molar-refractivity contribution < 1.29 is 0 Å². The van der Waals surface area contributed by atoms with E-state index in [2.05, 4.69) is 41.6 Å². The van der Waals surface area contributed by atoms with Gasteiger partial charge in [0.1, 0.15) is 0 Å². The number of aromatic nitrogens is 2. The third kappa shape index (κ3) is 2.66. The van der Waals surface area contributed by atoms with Gasteiger partial charge < -0.3 is 5.32 Å². The van der Waals surface area contributed by atoms with Crippen molar-refractivity contribution in [3.05, 3.63) is 30.0 Å². The van der Waals surface area contributed by atoms with Gasteiger partial charge in [0.2, 0.25) is 0 Å². The Balaban J connectivity index is 1.69. The summed E-state index contributed by atoms with van der Waals surface area (Å²) in [5.41, 5.74) is 2.40. The number of rotatable bonds is 3. The topological polar surface area (TPSA) is 29.9 Å². The smallest absolute Gasteiger partial charge is 0.0841 e. The normalized spacial score (nSPS) is 23.9. The Morgan fingerprint density at radius 3 is 2.74 bits per heavy atom.